The van der Waals surface area contributed by atoms with Crippen molar-refractivity contribution in [1.29, 1.82) is 0 Å². The van der Waals surface area contributed by atoms with Gasteiger partial charge in [-0.15, -0.1) is 11.3 Å². The van der Waals surface area contributed by atoms with Gasteiger partial charge in [0.25, 0.3) is 0 Å². The van der Waals surface area contributed by atoms with Crippen molar-refractivity contribution in [3.05, 3.63) is 62.7 Å². The number of aliphatic hydroxyl groups is 1. The zero-order valence-corrected chi connectivity index (χ0v) is 21.3. The van der Waals surface area contributed by atoms with Gasteiger partial charge in [-0.25, -0.2) is 15.0 Å². The van der Waals surface area contributed by atoms with E-state index in [2.05, 4.69) is 19.9 Å². The van der Waals surface area contributed by atoms with Crippen LogP contribution in [0.15, 0.2) is 30.9 Å². The van der Waals surface area contributed by atoms with Crippen LogP contribution in [0, 0.1) is 0 Å². The lowest BCUT2D eigenvalue weighted by Gasteiger charge is -2.30. The first kappa shape index (κ1) is 27.1. The molecule has 3 aromatic rings. The van der Waals surface area contributed by atoms with Crippen LogP contribution in [0.4, 0.5) is 19.0 Å². The molecule has 1 aliphatic heterocycles. The Labute approximate surface area is 219 Å². The van der Waals surface area contributed by atoms with E-state index < -0.39 is 22.5 Å². The van der Waals surface area contributed by atoms with E-state index in [0.29, 0.717) is 36.8 Å². The van der Waals surface area contributed by atoms with Gasteiger partial charge in [-0.2, -0.15) is 13.2 Å². The van der Waals surface area contributed by atoms with Crippen LogP contribution in [-0.4, -0.2) is 55.8 Å². The van der Waals surface area contributed by atoms with Gasteiger partial charge >= 0.3 is 6.18 Å². The number of Topliss-reactive ketones (excluding diaryl/α,β-unsaturated/α-hetero) is 2. The normalized spacial score (nSPS) is 15.6. The van der Waals surface area contributed by atoms with Crippen molar-refractivity contribution >= 4 is 40.3 Å². The van der Waals surface area contributed by atoms with Crippen molar-refractivity contribution in [2.75, 3.05) is 18.0 Å². The maximum atomic E-state index is 13.1. The Kier molecular flexibility index (Phi) is 8.20. The Morgan fingerprint density at radius 2 is 1.86 bits per heavy atom. The Morgan fingerprint density at radius 1 is 1.14 bits per heavy atom. The van der Waals surface area contributed by atoms with E-state index in [1.54, 1.807) is 13.0 Å². The summed E-state index contributed by atoms with van der Waals surface area (Å²) >= 11 is 6.68. The van der Waals surface area contributed by atoms with Gasteiger partial charge in [-0.05, 0) is 18.9 Å². The Bertz CT molecular complexity index is 1290. The van der Waals surface area contributed by atoms with Gasteiger partial charge in [-0.1, -0.05) is 18.5 Å². The Hall–Kier alpha value is -2.96. The number of carbonyl (C=O) groups is 2. The van der Waals surface area contributed by atoms with Crippen molar-refractivity contribution in [1.82, 2.24) is 19.9 Å². The van der Waals surface area contributed by atoms with Crippen molar-refractivity contribution in [2.45, 2.75) is 50.8 Å². The largest absolute Gasteiger partial charge is 0.417 e. The van der Waals surface area contributed by atoms with Crippen LogP contribution in [-0.2, 0) is 12.6 Å². The molecule has 0 radical (unpaired) electrons. The number of anilines is 1. The van der Waals surface area contributed by atoms with Crippen molar-refractivity contribution in [3.8, 4) is 0 Å². The second kappa shape index (κ2) is 11.2. The molecule has 1 atom stereocenters. The van der Waals surface area contributed by atoms with Gasteiger partial charge < -0.3 is 10.0 Å². The highest BCUT2D eigenvalue weighted by molar-refractivity contribution is 7.13. The molecule has 0 aliphatic carbocycles. The smallest absolute Gasteiger partial charge is 0.393 e. The fraction of sp³-hybridized carbons (Fsp3) is 0.417. The van der Waals surface area contributed by atoms with Gasteiger partial charge in [0.1, 0.15) is 17.8 Å². The highest BCUT2D eigenvalue weighted by atomic mass is 35.5. The number of rotatable bonds is 8. The van der Waals surface area contributed by atoms with Crippen LogP contribution in [0.25, 0.3) is 0 Å². The molecular weight excluding hydrogens is 531 g/mol. The molecule has 1 fully saturated rings. The molecule has 0 aromatic carbocycles. The molecule has 1 N–H and O–H groups in total. The van der Waals surface area contributed by atoms with Crippen LogP contribution in [0.1, 0.15) is 68.5 Å². The molecule has 3 aromatic heterocycles. The minimum absolute atomic E-state index is 0.0531. The van der Waals surface area contributed by atoms with Crippen LogP contribution in [0.5, 0.6) is 0 Å². The lowest BCUT2D eigenvalue weighted by atomic mass is 10.0. The van der Waals surface area contributed by atoms with Crippen LogP contribution >= 0.6 is 22.9 Å². The highest BCUT2D eigenvalue weighted by Crippen LogP contribution is 2.35. The number of pyridine rings is 1. The molecule has 0 spiro atoms. The predicted molar refractivity (Wildman–Crippen MR) is 131 cm³/mol. The van der Waals surface area contributed by atoms with Crippen LogP contribution in [0.3, 0.4) is 0 Å². The molecule has 0 bridgehead atoms. The van der Waals surface area contributed by atoms with Gasteiger partial charge in [0.2, 0.25) is 0 Å². The lowest BCUT2D eigenvalue weighted by Crippen LogP contribution is -2.36. The molecule has 1 aliphatic rings. The van der Waals surface area contributed by atoms with Crippen LogP contribution < -0.4 is 4.90 Å². The summed E-state index contributed by atoms with van der Waals surface area (Å²) in [5, 5.41) is 9.71. The summed E-state index contributed by atoms with van der Waals surface area (Å²) in [6.45, 7) is 3.08. The fourth-order valence-electron chi connectivity index (χ4n) is 3.93. The first-order valence-corrected chi connectivity index (χ1v) is 12.7. The summed E-state index contributed by atoms with van der Waals surface area (Å²) in [7, 11) is 0. The fourth-order valence-corrected chi connectivity index (χ4v) is 5.05. The second-order valence-electron chi connectivity index (χ2n) is 8.82. The van der Waals surface area contributed by atoms with Crippen molar-refractivity contribution in [2.24, 2.45) is 0 Å². The van der Waals surface area contributed by atoms with Crippen molar-refractivity contribution in [3.63, 3.8) is 0 Å². The zero-order valence-electron chi connectivity index (χ0n) is 19.7. The van der Waals surface area contributed by atoms with Gasteiger partial charge in [0, 0.05) is 49.6 Å². The molecule has 13 heteroatoms. The topological polar surface area (TPSA) is 109 Å². The number of carbonyl (C=O) groups excluding carboxylic acids is 2. The predicted octanol–water partition coefficient (Wildman–Crippen LogP) is 4.76. The third-order valence-electron chi connectivity index (χ3n) is 6.00. The number of halogens is 4. The quantitative estimate of drug-likeness (QED) is 0.398. The molecule has 8 nitrogen and oxygen atoms in total. The number of hydrogen-bond acceptors (Lipinski definition) is 9. The van der Waals surface area contributed by atoms with Crippen LogP contribution in [0.2, 0.25) is 5.02 Å². The molecule has 0 unspecified atom stereocenters. The highest BCUT2D eigenvalue weighted by Gasteiger charge is 2.34. The molecule has 4 heterocycles. The average Bonchev–Trinajstić information content (AvgIpc) is 3.36. The average molecular weight is 554 g/mol. The number of aromatic nitrogens is 4. The summed E-state index contributed by atoms with van der Waals surface area (Å²) in [6.07, 6.45) is -0.374. The van der Waals surface area contributed by atoms with E-state index in [1.807, 2.05) is 4.90 Å². The number of thiazole rings is 1. The van der Waals surface area contributed by atoms with E-state index in [-0.39, 0.29) is 46.9 Å². The molecule has 4 rings (SSSR count). The number of piperidine rings is 1. The number of hydrogen-bond donors (Lipinski definition) is 1. The van der Waals surface area contributed by atoms with Crippen molar-refractivity contribution < 1.29 is 27.9 Å². The van der Waals surface area contributed by atoms with E-state index in [9.17, 15) is 27.9 Å². The minimum atomic E-state index is -4.65. The monoisotopic (exact) mass is 553 g/mol. The van der Waals surface area contributed by atoms with Gasteiger partial charge in [-0.3, -0.25) is 14.6 Å². The van der Waals surface area contributed by atoms with E-state index >= 15 is 0 Å². The summed E-state index contributed by atoms with van der Waals surface area (Å²) < 4.78 is 39.3. The minimum Gasteiger partial charge on any atom is -0.393 e. The molecular formula is C24H23ClF3N5O3S. The lowest BCUT2D eigenvalue weighted by molar-refractivity contribution is -0.137. The molecule has 37 heavy (non-hydrogen) atoms. The third-order valence-corrected chi connectivity index (χ3v) is 7.57. The van der Waals surface area contributed by atoms with E-state index in [0.717, 1.165) is 23.6 Å². The summed E-state index contributed by atoms with van der Waals surface area (Å²) in [5.41, 5.74) is -0.831. The second-order valence-corrected chi connectivity index (χ2v) is 10.3. The summed E-state index contributed by atoms with van der Waals surface area (Å²) in [4.78, 5) is 44.2. The zero-order chi connectivity index (χ0) is 26.7. The molecule has 196 valence electrons. The summed E-state index contributed by atoms with van der Waals surface area (Å²) in [5.74, 6) is -0.323. The number of ketones is 2. The SMILES string of the molecule is C[C@@H](CC(=O)c1cc(N2CCC(O)CC2)ncn1)c1ncc(C(=O)Cc2cc(C(F)(F)F)c(Cl)cn2)s1. The Balaban J connectivity index is 1.39. The Morgan fingerprint density at radius 3 is 2.57 bits per heavy atom. The molecule has 0 amide bonds. The maximum absolute atomic E-state index is 13.1. The third kappa shape index (κ3) is 6.68. The summed E-state index contributed by atoms with van der Waals surface area (Å²) in [6, 6.07) is 2.41. The molecule has 1 saturated heterocycles. The first-order chi connectivity index (χ1) is 17.5. The molecule has 0 saturated carbocycles. The first-order valence-electron chi connectivity index (χ1n) is 11.5. The number of nitrogens with zero attached hydrogens (tertiary/aromatic N) is 5. The number of aliphatic hydroxyl groups excluding tert-OH is 1. The van der Waals surface area contributed by atoms with Gasteiger partial charge in [0.15, 0.2) is 11.6 Å². The maximum Gasteiger partial charge on any atom is 0.417 e. The van der Waals surface area contributed by atoms with E-state index in [4.69, 9.17) is 11.6 Å². The standard InChI is InChI=1S/C24H23ClF3N5O3S/c1-13(6-19(35)18-9-22(32-12-31-18)33-4-2-15(34)3-5-33)23-30-11-21(37-23)20(36)8-14-7-16(24(26,27)28)17(25)10-29-14/h7,9-13,15,34H,2-6,8H2,1H3/t13-/m0/s1. The number of alkyl halides is 3. The van der Waals surface area contributed by atoms with Gasteiger partial charge in [0.05, 0.1) is 33.0 Å². The van der Waals surface area contributed by atoms with E-state index in [1.165, 1.54) is 12.5 Å².